The first-order valence-corrected chi connectivity index (χ1v) is 4.40. The lowest BCUT2D eigenvalue weighted by atomic mass is 9.81. The van der Waals surface area contributed by atoms with Crippen LogP contribution in [0.3, 0.4) is 0 Å². The maximum atomic E-state index is 3.14. The van der Waals surface area contributed by atoms with Gasteiger partial charge in [0.2, 0.25) is 0 Å². The van der Waals surface area contributed by atoms with E-state index in [2.05, 4.69) is 52.8 Å². The monoisotopic (exact) mass is 161 g/mol. The fourth-order valence-corrected chi connectivity index (χ4v) is 1.93. The van der Waals surface area contributed by atoms with Crippen molar-refractivity contribution in [3.8, 4) is 0 Å². The lowest BCUT2D eigenvalue weighted by Crippen LogP contribution is -2.14. The van der Waals surface area contributed by atoms with Crippen LogP contribution < -0.4 is 0 Å². The van der Waals surface area contributed by atoms with Gasteiger partial charge in [-0.05, 0) is 42.0 Å². The average Bonchev–Trinajstić information content (AvgIpc) is 1.82. The van der Waals surface area contributed by atoms with E-state index >= 15 is 0 Å². The van der Waals surface area contributed by atoms with Gasteiger partial charge in [0.15, 0.2) is 0 Å². The van der Waals surface area contributed by atoms with E-state index in [1.165, 1.54) is 16.7 Å². The molecule has 1 radical (unpaired) electrons. The fraction of sp³-hybridized carbons (Fsp3) is 0.500. The summed E-state index contributed by atoms with van der Waals surface area (Å²) in [4.78, 5) is 0. The maximum Gasteiger partial charge on any atom is -0.0127 e. The molecule has 0 fully saturated rings. The molecule has 0 unspecified atom stereocenters. The molecule has 65 valence electrons. The highest BCUT2D eigenvalue weighted by Crippen LogP contribution is 2.28. The van der Waals surface area contributed by atoms with Crippen molar-refractivity contribution in [2.75, 3.05) is 0 Å². The van der Waals surface area contributed by atoms with Crippen molar-refractivity contribution < 1.29 is 0 Å². The summed E-state index contributed by atoms with van der Waals surface area (Å²) in [5.41, 5.74) is 4.41. The second kappa shape index (κ2) is 2.93. The topological polar surface area (TPSA) is 0 Å². The summed E-state index contributed by atoms with van der Waals surface area (Å²) in [7, 11) is 0. The molecule has 0 atom stereocenters. The third-order valence-corrected chi connectivity index (χ3v) is 2.14. The van der Waals surface area contributed by atoms with Crippen LogP contribution in [0.15, 0.2) is 12.1 Å². The zero-order valence-electron chi connectivity index (χ0n) is 8.65. The zero-order valence-corrected chi connectivity index (χ0v) is 8.65. The highest BCUT2D eigenvalue weighted by molar-refractivity contribution is 5.37. The minimum absolute atomic E-state index is 0.253. The first-order valence-electron chi connectivity index (χ1n) is 4.40. The van der Waals surface area contributed by atoms with Gasteiger partial charge in [-0.15, -0.1) is 0 Å². The van der Waals surface area contributed by atoms with E-state index in [1.807, 2.05) is 0 Å². The van der Waals surface area contributed by atoms with Crippen molar-refractivity contribution in [2.45, 2.75) is 40.0 Å². The van der Waals surface area contributed by atoms with Crippen molar-refractivity contribution >= 4 is 0 Å². The second-order valence-corrected chi connectivity index (χ2v) is 4.45. The SMILES string of the molecule is Cc1c[c]cc(C)c1C(C)(C)C. The van der Waals surface area contributed by atoms with Crippen LogP contribution in [0, 0.1) is 19.9 Å². The first kappa shape index (κ1) is 9.31. The zero-order chi connectivity index (χ0) is 9.35. The quantitative estimate of drug-likeness (QED) is 0.547. The van der Waals surface area contributed by atoms with Gasteiger partial charge in [0.05, 0.1) is 0 Å². The molecule has 0 heterocycles. The summed E-state index contributed by atoms with van der Waals surface area (Å²) in [6.07, 6.45) is 0. The Morgan fingerprint density at radius 3 is 1.67 bits per heavy atom. The lowest BCUT2D eigenvalue weighted by Gasteiger charge is -2.23. The Balaban J connectivity index is 3.31. The largest absolute Gasteiger partial charge is 0.0561 e. The molecule has 0 bridgehead atoms. The van der Waals surface area contributed by atoms with Crippen molar-refractivity contribution in [3.05, 3.63) is 34.9 Å². The molecule has 0 amide bonds. The number of hydrogen-bond acceptors (Lipinski definition) is 0. The van der Waals surface area contributed by atoms with Crippen LogP contribution in [0.5, 0.6) is 0 Å². The van der Waals surface area contributed by atoms with Crippen LogP contribution in [-0.2, 0) is 5.41 Å². The van der Waals surface area contributed by atoms with E-state index in [-0.39, 0.29) is 5.41 Å². The van der Waals surface area contributed by atoms with Gasteiger partial charge in [-0.2, -0.15) is 0 Å². The lowest BCUT2D eigenvalue weighted by molar-refractivity contribution is 0.582. The predicted molar refractivity (Wildman–Crippen MR) is 53.5 cm³/mol. The molecular formula is C12H17. The predicted octanol–water partition coefficient (Wildman–Crippen LogP) is 3.40. The van der Waals surface area contributed by atoms with Crippen molar-refractivity contribution in [2.24, 2.45) is 0 Å². The highest BCUT2D eigenvalue weighted by Gasteiger charge is 2.17. The average molecular weight is 161 g/mol. The Kier molecular flexibility index (Phi) is 2.27. The molecule has 0 saturated carbocycles. The van der Waals surface area contributed by atoms with E-state index in [9.17, 15) is 0 Å². The summed E-state index contributed by atoms with van der Waals surface area (Å²) in [6, 6.07) is 7.27. The third kappa shape index (κ3) is 1.69. The number of aryl methyl sites for hydroxylation is 2. The third-order valence-electron chi connectivity index (χ3n) is 2.14. The number of benzene rings is 1. The molecule has 0 N–H and O–H groups in total. The first-order chi connectivity index (χ1) is 5.43. The number of rotatable bonds is 0. The summed E-state index contributed by atoms with van der Waals surface area (Å²) < 4.78 is 0. The minimum atomic E-state index is 0.253. The van der Waals surface area contributed by atoms with E-state index < -0.39 is 0 Å². The molecular weight excluding hydrogens is 144 g/mol. The van der Waals surface area contributed by atoms with E-state index in [4.69, 9.17) is 0 Å². The number of hydrogen-bond donors (Lipinski definition) is 0. The highest BCUT2D eigenvalue weighted by atomic mass is 14.2. The molecule has 1 aromatic carbocycles. The Bertz CT molecular complexity index is 256. The Morgan fingerprint density at radius 2 is 1.42 bits per heavy atom. The van der Waals surface area contributed by atoms with Crippen molar-refractivity contribution in [3.63, 3.8) is 0 Å². The van der Waals surface area contributed by atoms with Crippen LogP contribution in [0.2, 0.25) is 0 Å². The molecule has 0 nitrogen and oxygen atoms in total. The van der Waals surface area contributed by atoms with Gasteiger partial charge in [-0.1, -0.05) is 32.9 Å². The summed E-state index contributed by atoms with van der Waals surface area (Å²) >= 11 is 0. The van der Waals surface area contributed by atoms with Gasteiger partial charge in [0.25, 0.3) is 0 Å². The Morgan fingerprint density at radius 1 is 1.00 bits per heavy atom. The molecule has 0 spiro atoms. The van der Waals surface area contributed by atoms with Gasteiger partial charge < -0.3 is 0 Å². The van der Waals surface area contributed by atoms with E-state index in [0.717, 1.165) is 0 Å². The Hall–Kier alpha value is -0.780. The van der Waals surface area contributed by atoms with E-state index in [0.29, 0.717) is 0 Å². The molecule has 1 rings (SSSR count). The molecule has 0 saturated heterocycles. The van der Waals surface area contributed by atoms with E-state index in [1.54, 1.807) is 0 Å². The van der Waals surface area contributed by atoms with Gasteiger partial charge in [-0.3, -0.25) is 0 Å². The molecule has 0 aliphatic rings. The van der Waals surface area contributed by atoms with Crippen LogP contribution >= 0.6 is 0 Å². The van der Waals surface area contributed by atoms with Crippen molar-refractivity contribution in [1.29, 1.82) is 0 Å². The van der Waals surface area contributed by atoms with Gasteiger partial charge in [-0.25, -0.2) is 0 Å². The van der Waals surface area contributed by atoms with Crippen LogP contribution in [0.1, 0.15) is 37.5 Å². The summed E-state index contributed by atoms with van der Waals surface area (Å²) in [5, 5.41) is 0. The molecule has 0 heteroatoms. The molecule has 0 aromatic heterocycles. The molecule has 0 aliphatic heterocycles. The fourth-order valence-electron chi connectivity index (χ4n) is 1.93. The van der Waals surface area contributed by atoms with Gasteiger partial charge in [0, 0.05) is 0 Å². The summed E-state index contributed by atoms with van der Waals surface area (Å²) in [6.45, 7) is 11.1. The molecule has 0 aliphatic carbocycles. The minimum Gasteiger partial charge on any atom is -0.0561 e. The molecule has 12 heavy (non-hydrogen) atoms. The van der Waals surface area contributed by atoms with Crippen LogP contribution in [-0.4, -0.2) is 0 Å². The molecule has 1 aromatic rings. The Labute approximate surface area is 75.6 Å². The van der Waals surface area contributed by atoms with Gasteiger partial charge in [0.1, 0.15) is 0 Å². The van der Waals surface area contributed by atoms with Crippen molar-refractivity contribution in [1.82, 2.24) is 0 Å². The summed E-state index contributed by atoms with van der Waals surface area (Å²) in [5.74, 6) is 0. The van der Waals surface area contributed by atoms with Crippen LogP contribution in [0.25, 0.3) is 0 Å². The standard InChI is InChI=1S/C12H17/c1-9-7-6-8-10(2)11(9)12(3,4)5/h7-8H,1-5H3. The smallest absolute Gasteiger partial charge is 0.0127 e. The van der Waals surface area contributed by atoms with Gasteiger partial charge >= 0.3 is 0 Å². The van der Waals surface area contributed by atoms with Crippen LogP contribution in [0.4, 0.5) is 0 Å². The second-order valence-electron chi connectivity index (χ2n) is 4.45. The normalized spacial score (nSPS) is 11.8. The maximum absolute atomic E-state index is 3.14.